The van der Waals surface area contributed by atoms with Crippen LogP contribution in [0.5, 0.6) is 5.75 Å². The number of amides is 1. The van der Waals surface area contributed by atoms with Gasteiger partial charge in [-0.15, -0.1) is 0 Å². The van der Waals surface area contributed by atoms with Crippen LogP contribution in [-0.4, -0.2) is 22.3 Å². The monoisotopic (exact) mass is 329 g/mol. The SMILES string of the molecule is Cc1ccc(OC(F)F)c(NC(=O)c2c(Cl)c(C)nn2C)c1. The van der Waals surface area contributed by atoms with Gasteiger partial charge in [0.2, 0.25) is 0 Å². The number of halogens is 3. The van der Waals surface area contributed by atoms with Gasteiger partial charge in [0.15, 0.2) is 0 Å². The number of anilines is 1. The number of aromatic nitrogens is 2. The minimum Gasteiger partial charge on any atom is -0.433 e. The Morgan fingerprint density at radius 2 is 2.09 bits per heavy atom. The summed E-state index contributed by atoms with van der Waals surface area (Å²) in [5.74, 6) is -0.679. The Morgan fingerprint density at radius 3 is 2.64 bits per heavy atom. The van der Waals surface area contributed by atoms with E-state index in [9.17, 15) is 13.6 Å². The summed E-state index contributed by atoms with van der Waals surface area (Å²) in [6, 6.07) is 4.51. The van der Waals surface area contributed by atoms with Crippen molar-refractivity contribution >= 4 is 23.2 Å². The molecule has 0 spiro atoms. The van der Waals surface area contributed by atoms with Crippen LogP contribution in [0, 0.1) is 13.8 Å². The molecule has 0 aliphatic carbocycles. The van der Waals surface area contributed by atoms with Gasteiger partial charge in [-0.3, -0.25) is 9.48 Å². The van der Waals surface area contributed by atoms with Crippen molar-refractivity contribution < 1.29 is 18.3 Å². The molecule has 22 heavy (non-hydrogen) atoms. The van der Waals surface area contributed by atoms with Crippen LogP contribution < -0.4 is 10.1 Å². The molecule has 2 aromatic rings. The Bertz CT molecular complexity index is 716. The van der Waals surface area contributed by atoms with Gasteiger partial charge in [0.1, 0.15) is 11.4 Å². The van der Waals surface area contributed by atoms with Gasteiger partial charge in [0.05, 0.1) is 16.4 Å². The van der Waals surface area contributed by atoms with Gasteiger partial charge in [-0.2, -0.15) is 13.9 Å². The van der Waals surface area contributed by atoms with E-state index in [1.54, 1.807) is 27.0 Å². The Balaban J connectivity index is 2.33. The van der Waals surface area contributed by atoms with E-state index in [0.717, 1.165) is 5.56 Å². The van der Waals surface area contributed by atoms with Crippen LogP contribution in [0.2, 0.25) is 5.02 Å². The number of benzene rings is 1. The van der Waals surface area contributed by atoms with E-state index in [0.29, 0.717) is 5.69 Å². The molecule has 5 nitrogen and oxygen atoms in total. The van der Waals surface area contributed by atoms with E-state index in [4.69, 9.17) is 11.6 Å². The molecule has 0 aliphatic heterocycles. The smallest absolute Gasteiger partial charge is 0.387 e. The molecule has 1 aromatic heterocycles. The summed E-state index contributed by atoms with van der Waals surface area (Å²) in [5, 5.41) is 6.77. The maximum Gasteiger partial charge on any atom is 0.387 e. The minimum atomic E-state index is -2.99. The number of rotatable bonds is 4. The molecule has 118 valence electrons. The predicted octanol–water partition coefficient (Wildman–Crippen LogP) is 3.54. The lowest BCUT2D eigenvalue weighted by molar-refractivity contribution is -0.0493. The highest BCUT2D eigenvalue weighted by Crippen LogP contribution is 2.29. The Hall–Kier alpha value is -2.15. The van der Waals surface area contributed by atoms with Gasteiger partial charge in [-0.1, -0.05) is 17.7 Å². The molecular formula is C14H14ClF2N3O2. The van der Waals surface area contributed by atoms with Crippen LogP contribution in [0.1, 0.15) is 21.7 Å². The summed E-state index contributed by atoms with van der Waals surface area (Å²) >= 11 is 6.04. The summed E-state index contributed by atoms with van der Waals surface area (Å²) in [6.45, 7) is 0.445. The molecule has 1 N–H and O–H groups in total. The van der Waals surface area contributed by atoms with Crippen molar-refractivity contribution in [2.24, 2.45) is 7.05 Å². The summed E-state index contributed by atoms with van der Waals surface area (Å²) in [4.78, 5) is 12.3. The van der Waals surface area contributed by atoms with Crippen molar-refractivity contribution in [2.45, 2.75) is 20.5 Å². The average molecular weight is 330 g/mol. The molecule has 0 atom stereocenters. The van der Waals surface area contributed by atoms with Crippen LogP contribution >= 0.6 is 11.6 Å². The van der Waals surface area contributed by atoms with Crippen molar-refractivity contribution in [3.05, 3.63) is 40.2 Å². The molecule has 1 amide bonds. The average Bonchev–Trinajstić information content (AvgIpc) is 2.66. The first kappa shape index (κ1) is 16.2. The molecule has 0 unspecified atom stereocenters. The number of aryl methyl sites for hydroxylation is 3. The van der Waals surface area contributed by atoms with Gasteiger partial charge in [0.25, 0.3) is 5.91 Å². The Labute approximate surface area is 130 Å². The maximum absolute atomic E-state index is 12.4. The van der Waals surface area contributed by atoms with Crippen molar-refractivity contribution in [1.82, 2.24) is 9.78 Å². The number of carbonyl (C=O) groups excluding carboxylic acids is 1. The van der Waals surface area contributed by atoms with E-state index < -0.39 is 12.5 Å². The van der Waals surface area contributed by atoms with Crippen LogP contribution in [0.15, 0.2) is 18.2 Å². The second-order valence-corrected chi connectivity index (χ2v) is 5.08. The first-order valence-electron chi connectivity index (χ1n) is 6.35. The van der Waals surface area contributed by atoms with E-state index in [-0.39, 0.29) is 22.2 Å². The first-order chi connectivity index (χ1) is 10.3. The molecule has 0 fully saturated rings. The fourth-order valence-corrected chi connectivity index (χ4v) is 2.25. The van der Waals surface area contributed by atoms with E-state index in [1.165, 1.54) is 16.8 Å². The summed E-state index contributed by atoms with van der Waals surface area (Å²) in [6.07, 6.45) is 0. The zero-order chi connectivity index (χ0) is 16.4. The zero-order valence-electron chi connectivity index (χ0n) is 12.2. The fraction of sp³-hybridized carbons (Fsp3) is 0.286. The molecule has 0 bridgehead atoms. The van der Waals surface area contributed by atoms with Crippen LogP contribution in [-0.2, 0) is 7.05 Å². The highest BCUT2D eigenvalue weighted by Gasteiger charge is 2.20. The molecule has 0 saturated heterocycles. The standard InChI is InChI=1S/C14H14ClF2N3O2/c1-7-4-5-10(22-14(16)17)9(6-7)18-13(21)12-11(15)8(2)19-20(12)3/h4-6,14H,1-3H3,(H,18,21). The van der Waals surface area contributed by atoms with E-state index in [1.807, 2.05) is 0 Å². The van der Waals surface area contributed by atoms with E-state index in [2.05, 4.69) is 15.2 Å². The molecular weight excluding hydrogens is 316 g/mol. The van der Waals surface area contributed by atoms with Crippen molar-refractivity contribution in [3.63, 3.8) is 0 Å². The quantitative estimate of drug-likeness (QED) is 0.933. The number of carbonyl (C=O) groups is 1. The van der Waals surface area contributed by atoms with Crippen molar-refractivity contribution in [2.75, 3.05) is 5.32 Å². The number of hydrogen-bond donors (Lipinski definition) is 1. The van der Waals surface area contributed by atoms with Crippen LogP contribution in [0.3, 0.4) is 0 Å². The number of nitrogens with one attached hydrogen (secondary N) is 1. The third-order valence-electron chi connectivity index (χ3n) is 2.96. The number of nitrogens with zero attached hydrogens (tertiary/aromatic N) is 2. The highest BCUT2D eigenvalue weighted by molar-refractivity contribution is 6.34. The number of ether oxygens (including phenoxy) is 1. The highest BCUT2D eigenvalue weighted by atomic mass is 35.5. The van der Waals surface area contributed by atoms with Crippen LogP contribution in [0.4, 0.5) is 14.5 Å². The molecule has 0 saturated carbocycles. The van der Waals surface area contributed by atoms with Gasteiger partial charge in [-0.05, 0) is 31.5 Å². The summed E-state index contributed by atoms with van der Waals surface area (Å²) in [5.41, 5.74) is 1.57. The summed E-state index contributed by atoms with van der Waals surface area (Å²) < 4.78 is 30.6. The Kier molecular flexibility index (Phi) is 4.65. The molecule has 1 heterocycles. The second kappa shape index (κ2) is 6.31. The van der Waals surface area contributed by atoms with Crippen LogP contribution in [0.25, 0.3) is 0 Å². The van der Waals surface area contributed by atoms with Crippen molar-refractivity contribution in [1.29, 1.82) is 0 Å². The van der Waals surface area contributed by atoms with Gasteiger partial charge in [0, 0.05) is 7.05 Å². The third kappa shape index (κ3) is 3.36. The van der Waals surface area contributed by atoms with E-state index >= 15 is 0 Å². The second-order valence-electron chi connectivity index (χ2n) is 4.70. The normalized spacial score (nSPS) is 10.9. The molecule has 1 aromatic carbocycles. The lowest BCUT2D eigenvalue weighted by atomic mass is 10.2. The number of alkyl halides is 2. The third-order valence-corrected chi connectivity index (χ3v) is 3.42. The predicted molar refractivity (Wildman–Crippen MR) is 78.7 cm³/mol. The molecule has 0 radical (unpaired) electrons. The molecule has 2 rings (SSSR count). The van der Waals surface area contributed by atoms with Gasteiger partial charge in [-0.25, -0.2) is 0 Å². The topological polar surface area (TPSA) is 56.1 Å². The lowest BCUT2D eigenvalue weighted by Gasteiger charge is -2.13. The van der Waals surface area contributed by atoms with Crippen molar-refractivity contribution in [3.8, 4) is 5.75 Å². The van der Waals surface area contributed by atoms with Gasteiger partial charge < -0.3 is 10.1 Å². The maximum atomic E-state index is 12.4. The molecule has 8 heteroatoms. The minimum absolute atomic E-state index is 0.121. The van der Waals surface area contributed by atoms with Gasteiger partial charge >= 0.3 is 6.61 Å². The zero-order valence-corrected chi connectivity index (χ0v) is 12.9. The fourth-order valence-electron chi connectivity index (χ4n) is 2.00. The first-order valence-corrected chi connectivity index (χ1v) is 6.73. The summed E-state index contributed by atoms with van der Waals surface area (Å²) in [7, 11) is 1.57. The number of hydrogen-bond acceptors (Lipinski definition) is 3. The largest absolute Gasteiger partial charge is 0.433 e. The lowest BCUT2D eigenvalue weighted by Crippen LogP contribution is -2.17. The Morgan fingerprint density at radius 1 is 1.41 bits per heavy atom. The molecule has 0 aliphatic rings.